The molecule has 1 unspecified atom stereocenters. The maximum Gasteiger partial charge on any atom is 0.326 e. The van der Waals surface area contributed by atoms with Crippen LogP contribution in [0.2, 0.25) is 0 Å². The Balaban J connectivity index is 1.34. The van der Waals surface area contributed by atoms with Gasteiger partial charge in [-0.05, 0) is 36.1 Å². The lowest BCUT2D eigenvalue weighted by Gasteiger charge is -2.24. The van der Waals surface area contributed by atoms with Crippen molar-refractivity contribution in [1.82, 2.24) is 25.1 Å². The summed E-state index contributed by atoms with van der Waals surface area (Å²) in [4.78, 5) is 15.8. The predicted molar refractivity (Wildman–Crippen MR) is 110 cm³/mol. The monoisotopic (exact) mass is 451 g/mol. The summed E-state index contributed by atoms with van der Waals surface area (Å²) in [6, 6.07) is 4.24. The van der Waals surface area contributed by atoms with Crippen molar-refractivity contribution in [1.29, 1.82) is 0 Å². The molecule has 1 atom stereocenters. The molecule has 3 heterocycles. The van der Waals surface area contributed by atoms with Crippen LogP contribution < -0.4 is 19.7 Å². The van der Waals surface area contributed by atoms with Gasteiger partial charge in [-0.25, -0.2) is 13.4 Å². The van der Waals surface area contributed by atoms with E-state index in [9.17, 15) is 22.7 Å². The van der Waals surface area contributed by atoms with Crippen LogP contribution in [0.1, 0.15) is 12.0 Å². The Kier molecular flexibility index (Phi) is 5.67. The molecule has 0 spiro atoms. The highest BCUT2D eigenvalue weighted by atomic mass is 32.2. The van der Waals surface area contributed by atoms with E-state index in [4.69, 9.17) is 0 Å². The van der Waals surface area contributed by atoms with Gasteiger partial charge >= 0.3 is 10.2 Å². The number of phenolic OH excluding ortho intramolecular Hbond substituents is 1. The van der Waals surface area contributed by atoms with Gasteiger partial charge in [0.2, 0.25) is 0 Å². The number of aryl methyl sites for hydroxylation is 1. The molecular formula is C18H22FN7O4S. The molecule has 1 fully saturated rings. The molecule has 31 heavy (non-hydrogen) atoms. The second-order valence-corrected chi connectivity index (χ2v) is 8.92. The third-order valence-electron chi connectivity index (χ3n) is 5.02. The Morgan fingerprint density at radius 3 is 2.81 bits per heavy atom. The maximum absolute atomic E-state index is 14.6. The number of nitrogens with one attached hydrogen (secondary N) is 3. The highest BCUT2D eigenvalue weighted by molar-refractivity contribution is 7.92. The zero-order valence-corrected chi connectivity index (χ0v) is 17.3. The molecule has 0 saturated carbocycles. The lowest BCUT2D eigenvalue weighted by molar-refractivity contribution is -0.117. The molecule has 0 bridgehead atoms. The van der Waals surface area contributed by atoms with Gasteiger partial charge in [0.05, 0.1) is 0 Å². The molecule has 0 aliphatic carbocycles. The maximum atomic E-state index is 14.6. The predicted octanol–water partition coefficient (Wildman–Crippen LogP) is -0.336. The third kappa shape index (κ3) is 4.71. The minimum Gasteiger partial charge on any atom is -0.506 e. The molecule has 13 heteroatoms. The molecule has 1 aromatic carbocycles. The first-order valence-corrected chi connectivity index (χ1v) is 11.1. The Hall–Kier alpha value is -3.35. The summed E-state index contributed by atoms with van der Waals surface area (Å²) < 4.78 is 42.5. The van der Waals surface area contributed by atoms with Crippen LogP contribution in [0.15, 0.2) is 35.6 Å². The highest BCUT2D eigenvalue weighted by Gasteiger charge is 2.37. The van der Waals surface area contributed by atoms with E-state index in [1.165, 1.54) is 6.07 Å². The molecule has 0 radical (unpaired) electrons. The summed E-state index contributed by atoms with van der Waals surface area (Å²) in [6.07, 6.45) is 4.59. The fraction of sp³-hybridized carbons (Fsp3) is 0.389. The minimum absolute atomic E-state index is 0.165. The van der Waals surface area contributed by atoms with Crippen molar-refractivity contribution in [3.8, 4) is 5.75 Å². The summed E-state index contributed by atoms with van der Waals surface area (Å²) in [6.45, 7) is 1.77. The van der Waals surface area contributed by atoms with Gasteiger partial charge in [0.15, 0.2) is 11.8 Å². The number of carbonyl (C=O) groups is 1. The van der Waals surface area contributed by atoms with Gasteiger partial charge < -0.3 is 15.7 Å². The molecule has 1 saturated heterocycles. The topological polar surface area (TPSA) is 141 Å². The zero-order valence-electron chi connectivity index (χ0n) is 16.5. The number of anilines is 1. The van der Waals surface area contributed by atoms with E-state index >= 15 is 0 Å². The average molecular weight is 451 g/mol. The van der Waals surface area contributed by atoms with Crippen LogP contribution in [0, 0.1) is 11.7 Å². The van der Waals surface area contributed by atoms with Crippen molar-refractivity contribution in [2.24, 2.45) is 10.9 Å². The number of aliphatic imine (C=N–C) groups is 1. The van der Waals surface area contributed by atoms with E-state index in [0.29, 0.717) is 28.3 Å². The molecule has 2 aliphatic heterocycles. The minimum atomic E-state index is -4.22. The Labute approximate surface area is 178 Å². The number of hydrogen-bond donors (Lipinski definition) is 4. The van der Waals surface area contributed by atoms with E-state index in [1.807, 2.05) is 16.9 Å². The average Bonchev–Trinajstić information content (AvgIpc) is 3.32. The zero-order chi connectivity index (χ0) is 22.0. The Morgan fingerprint density at radius 1 is 1.35 bits per heavy atom. The van der Waals surface area contributed by atoms with E-state index in [1.54, 1.807) is 10.9 Å². The largest absolute Gasteiger partial charge is 0.506 e. The number of phenols is 1. The van der Waals surface area contributed by atoms with Gasteiger partial charge in [-0.2, -0.15) is 13.5 Å². The SMILES string of the molecule is O=C1CN(c2c(O)cc(CNC3=NCC(CCn4cccn4)CN3)cc2F)S(=O)(=O)N1. The van der Waals surface area contributed by atoms with Gasteiger partial charge in [0, 0.05) is 38.6 Å². The van der Waals surface area contributed by atoms with Gasteiger partial charge in [-0.1, -0.05) is 0 Å². The number of guanidine groups is 1. The first-order chi connectivity index (χ1) is 14.8. The third-order valence-corrected chi connectivity index (χ3v) is 6.40. The van der Waals surface area contributed by atoms with Crippen molar-refractivity contribution in [2.75, 3.05) is 23.9 Å². The fourth-order valence-corrected chi connectivity index (χ4v) is 4.63. The van der Waals surface area contributed by atoms with Crippen LogP contribution in [0.3, 0.4) is 0 Å². The smallest absolute Gasteiger partial charge is 0.326 e. The number of nitrogens with zero attached hydrogens (tertiary/aromatic N) is 4. The highest BCUT2D eigenvalue weighted by Crippen LogP contribution is 2.34. The van der Waals surface area contributed by atoms with E-state index < -0.39 is 39.9 Å². The summed E-state index contributed by atoms with van der Waals surface area (Å²) in [5.74, 6) is -1.39. The molecule has 1 aromatic heterocycles. The van der Waals surface area contributed by atoms with E-state index in [2.05, 4.69) is 20.7 Å². The lowest BCUT2D eigenvalue weighted by atomic mass is 10.1. The molecule has 1 amide bonds. The van der Waals surface area contributed by atoms with Gasteiger partial charge in [0.1, 0.15) is 18.0 Å². The van der Waals surface area contributed by atoms with E-state index in [0.717, 1.165) is 25.6 Å². The van der Waals surface area contributed by atoms with Crippen molar-refractivity contribution in [3.63, 3.8) is 0 Å². The normalized spacial score (nSPS) is 20.2. The number of aromatic nitrogens is 2. The number of benzene rings is 1. The van der Waals surface area contributed by atoms with Crippen LogP contribution in [-0.4, -0.2) is 54.8 Å². The van der Waals surface area contributed by atoms with Crippen LogP contribution in [0.4, 0.5) is 10.1 Å². The lowest BCUT2D eigenvalue weighted by Crippen LogP contribution is -2.44. The quantitative estimate of drug-likeness (QED) is 0.471. The number of carbonyl (C=O) groups excluding carboxylic acids is 1. The van der Waals surface area contributed by atoms with Gasteiger partial charge in [-0.15, -0.1) is 0 Å². The first kappa shape index (κ1) is 20.9. The summed E-state index contributed by atoms with van der Waals surface area (Å²) >= 11 is 0. The van der Waals surface area contributed by atoms with Gasteiger partial charge in [0.25, 0.3) is 5.91 Å². The number of hydrogen-bond acceptors (Lipinski definition) is 8. The summed E-state index contributed by atoms with van der Waals surface area (Å²) in [7, 11) is -4.22. The first-order valence-electron chi connectivity index (χ1n) is 9.66. The van der Waals surface area contributed by atoms with Crippen molar-refractivity contribution < 1.29 is 22.7 Å². The Morgan fingerprint density at radius 2 is 2.19 bits per heavy atom. The van der Waals surface area contributed by atoms with E-state index in [-0.39, 0.29) is 6.54 Å². The molecular weight excluding hydrogens is 429 g/mol. The van der Waals surface area contributed by atoms with Gasteiger partial charge in [-0.3, -0.25) is 14.5 Å². The number of halogens is 1. The van der Waals surface area contributed by atoms with Crippen molar-refractivity contribution in [2.45, 2.75) is 19.5 Å². The second-order valence-electron chi connectivity index (χ2n) is 7.33. The molecule has 2 aliphatic rings. The summed E-state index contributed by atoms with van der Waals surface area (Å²) in [5, 5.41) is 20.6. The molecule has 4 N–H and O–H groups in total. The number of aromatic hydroxyl groups is 1. The van der Waals surface area contributed by atoms with Crippen LogP contribution in [-0.2, 0) is 28.1 Å². The van der Waals surface area contributed by atoms with Crippen LogP contribution in [0.5, 0.6) is 5.75 Å². The number of amides is 1. The van der Waals surface area contributed by atoms with Crippen LogP contribution in [0.25, 0.3) is 0 Å². The fourth-order valence-electron chi connectivity index (χ4n) is 3.46. The molecule has 166 valence electrons. The van der Waals surface area contributed by atoms with Crippen molar-refractivity contribution in [3.05, 3.63) is 42.0 Å². The Bertz CT molecular complexity index is 1080. The van der Waals surface area contributed by atoms with Crippen LogP contribution >= 0.6 is 0 Å². The molecule has 2 aromatic rings. The molecule has 4 rings (SSSR count). The number of rotatable bonds is 6. The summed E-state index contributed by atoms with van der Waals surface area (Å²) in [5.41, 5.74) is -0.171. The standard InChI is InChI=1S/C18H22FN7O4S/c19-14-6-13(7-15(27)17(14)26-11-16(28)24-31(26,29)30)10-22-18-20-8-12(9-21-18)2-5-25-4-1-3-23-25/h1,3-4,6-7,12,27H,2,5,8-11H2,(H,24,28)(H2,20,21,22). The molecule has 11 nitrogen and oxygen atoms in total. The van der Waals surface area contributed by atoms with Crippen molar-refractivity contribution >= 4 is 27.8 Å². The second kappa shape index (κ2) is 8.41.